The molecular formula is C7H6ClK. The third kappa shape index (κ3) is 3.66. The summed E-state index contributed by atoms with van der Waals surface area (Å²) in [5, 5.41) is 0.748. The molecule has 0 amide bonds. The number of benzene rings is 1. The van der Waals surface area contributed by atoms with E-state index in [2.05, 4.69) is 6.92 Å². The fourth-order valence-electron chi connectivity index (χ4n) is 0.537. The SMILES string of the molecule is [CH2-]c1cccc(Cl)c1.[K+]. The third-order valence-electron chi connectivity index (χ3n) is 0.889. The van der Waals surface area contributed by atoms with E-state index >= 15 is 0 Å². The smallest absolute Gasteiger partial charge is 0.199 e. The molecule has 2 heteroatoms. The molecule has 0 heterocycles. The van der Waals surface area contributed by atoms with E-state index < -0.39 is 0 Å². The summed E-state index contributed by atoms with van der Waals surface area (Å²) < 4.78 is 0. The minimum Gasteiger partial charge on any atom is -0.199 e. The molecular weight excluding hydrogens is 159 g/mol. The van der Waals surface area contributed by atoms with Crippen LogP contribution in [-0.4, -0.2) is 0 Å². The maximum absolute atomic E-state index is 5.60. The van der Waals surface area contributed by atoms with Gasteiger partial charge in [-0.05, 0) is 5.02 Å². The fraction of sp³-hybridized carbons (Fsp3) is 0. The Morgan fingerprint density at radius 3 is 2.33 bits per heavy atom. The predicted molar refractivity (Wildman–Crippen MR) is 35.9 cm³/mol. The van der Waals surface area contributed by atoms with Crippen LogP contribution in [0.5, 0.6) is 0 Å². The van der Waals surface area contributed by atoms with E-state index in [1.165, 1.54) is 0 Å². The fourth-order valence-corrected chi connectivity index (χ4v) is 0.750. The van der Waals surface area contributed by atoms with Gasteiger partial charge >= 0.3 is 51.4 Å². The van der Waals surface area contributed by atoms with Crippen molar-refractivity contribution in [3.05, 3.63) is 41.8 Å². The Morgan fingerprint density at radius 1 is 1.33 bits per heavy atom. The first-order valence-electron chi connectivity index (χ1n) is 2.36. The number of rotatable bonds is 0. The quantitative estimate of drug-likeness (QED) is 0.359. The number of halogens is 1. The van der Waals surface area contributed by atoms with Crippen molar-refractivity contribution in [2.24, 2.45) is 0 Å². The van der Waals surface area contributed by atoms with Crippen molar-refractivity contribution in [3.8, 4) is 0 Å². The van der Waals surface area contributed by atoms with Gasteiger partial charge < -0.3 is 0 Å². The van der Waals surface area contributed by atoms with Gasteiger partial charge in [0.25, 0.3) is 0 Å². The zero-order valence-electron chi connectivity index (χ0n) is 5.39. The van der Waals surface area contributed by atoms with E-state index in [1.807, 2.05) is 24.3 Å². The molecule has 1 aromatic carbocycles. The molecule has 0 nitrogen and oxygen atoms in total. The second-order valence-corrected chi connectivity index (χ2v) is 2.07. The van der Waals surface area contributed by atoms with Crippen LogP contribution in [0.25, 0.3) is 0 Å². The molecule has 1 rings (SSSR count). The summed E-state index contributed by atoms with van der Waals surface area (Å²) in [6.07, 6.45) is 0. The Labute approximate surface area is 103 Å². The van der Waals surface area contributed by atoms with Gasteiger partial charge in [0.2, 0.25) is 0 Å². The maximum Gasteiger partial charge on any atom is 1.00 e. The summed E-state index contributed by atoms with van der Waals surface area (Å²) in [5.41, 5.74) is 0.956. The summed E-state index contributed by atoms with van der Waals surface area (Å²) in [6, 6.07) is 7.44. The Kier molecular flexibility index (Phi) is 5.31. The van der Waals surface area contributed by atoms with E-state index in [0.717, 1.165) is 10.6 Å². The normalized spacial score (nSPS) is 8.11. The van der Waals surface area contributed by atoms with Crippen molar-refractivity contribution in [1.82, 2.24) is 0 Å². The molecule has 0 radical (unpaired) electrons. The molecule has 0 N–H and O–H groups in total. The Bertz CT molecular complexity index is 169. The zero-order chi connectivity index (χ0) is 5.98. The van der Waals surface area contributed by atoms with Gasteiger partial charge in [-0.1, -0.05) is 17.7 Å². The average molecular weight is 165 g/mol. The summed E-state index contributed by atoms with van der Waals surface area (Å²) in [6.45, 7) is 3.70. The third-order valence-corrected chi connectivity index (χ3v) is 1.12. The summed E-state index contributed by atoms with van der Waals surface area (Å²) in [5.74, 6) is 0. The largest absolute Gasteiger partial charge is 1.00 e. The molecule has 0 aliphatic carbocycles. The first-order valence-corrected chi connectivity index (χ1v) is 2.74. The van der Waals surface area contributed by atoms with E-state index in [9.17, 15) is 0 Å². The van der Waals surface area contributed by atoms with Crippen LogP contribution in [0.15, 0.2) is 24.3 Å². The van der Waals surface area contributed by atoms with Crippen LogP contribution in [0.3, 0.4) is 0 Å². The number of hydrogen-bond acceptors (Lipinski definition) is 0. The van der Waals surface area contributed by atoms with Crippen molar-refractivity contribution in [1.29, 1.82) is 0 Å². The summed E-state index contributed by atoms with van der Waals surface area (Å²) in [4.78, 5) is 0. The first-order chi connectivity index (χ1) is 3.79. The van der Waals surface area contributed by atoms with Crippen molar-refractivity contribution in [2.45, 2.75) is 0 Å². The molecule has 0 unspecified atom stereocenters. The molecule has 0 aromatic heterocycles. The van der Waals surface area contributed by atoms with Crippen LogP contribution in [-0.2, 0) is 0 Å². The van der Waals surface area contributed by atoms with Crippen molar-refractivity contribution in [3.63, 3.8) is 0 Å². The van der Waals surface area contributed by atoms with Gasteiger partial charge in [-0.2, -0.15) is 18.6 Å². The molecule has 1 aromatic rings. The first kappa shape index (κ1) is 10.0. The standard InChI is InChI=1S/C7H6Cl.K/c1-6-3-2-4-7(8)5-6;/h2-5H,1H2;/q-1;+1. The zero-order valence-corrected chi connectivity index (χ0v) is 9.27. The van der Waals surface area contributed by atoms with E-state index in [1.54, 1.807) is 0 Å². The summed E-state index contributed by atoms with van der Waals surface area (Å²) in [7, 11) is 0. The number of hydrogen-bond donors (Lipinski definition) is 0. The van der Waals surface area contributed by atoms with Gasteiger partial charge in [-0.3, -0.25) is 0 Å². The molecule has 0 fully saturated rings. The van der Waals surface area contributed by atoms with Crippen LogP contribution in [0.2, 0.25) is 5.02 Å². The van der Waals surface area contributed by atoms with Crippen LogP contribution >= 0.6 is 11.6 Å². The van der Waals surface area contributed by atoms with Gasteiger partial charge in [0, 0.05) is 0 Å². The second-order valence-electron chi connectivity index (χ2n) is 1.63. The molecule has 0 atom stereocenters. The van der Waals surface area contributed by atoms with Gasteiger partial charge in [0.15, 0.2) is 0 Å². The van der Waals surface area contributed by atoms with Gasteiger partial charge in [-0.25, -0.2) is 0 Å². The summed E-state index contributed by atoms with van der Waals surface area (Å²) >= 11 is 5.60. The van der Waals surface area contributed by atoms with Crippen LogP contribution in [0.1, 0.15) is 5.56 Å². The van der Waals surface area contributed by atoms with E-state index in [4.69, 9.17) is 11.6 Å². The second kappa shape index (κ2) is 4.77. The van der Waals surface area contributed by atoms with Crippen LogP contribution in [0, 0.1) is 6.92 Å². The topological polar surface area (TPSA) is 0 Å². The Balaban J connectivity index is 0.000000640. The average Bonchev–Trinajstić information content (AvgIpc) is 1.64. The molecule has 0 aliphatic heterocycles. The minimum atomic E-state index is 0. The maximum atomic E-state index is 5.60. The van der Waals surface area contributed by atoms with E-state index in [0.29, 0.717) is 0 Å². The van der Waals surface area contributed by atoms with Gasteiger partial charge in [0.05, 0.1) is 0 Å². The molecule has 42 valence electrons. The molecule has 0 saturated heterocycles. The van der Waals surface area contributed by atoms with Crippen LogP contribution in [0.4, 0.5) is 0 Å². The van der Waals surface area contributed by atoms with Gasteiger partial charge in [-0.15, -0.1) is 12.1 Å². The Hall–Kier alpha value is 1.02. The van der Waals surface area contributed by atoms with Gasteiger partial charge in [0.1, 0.15) is 0 Å². The Morgan fingerprint density at radius 2 is 2.00 bits per heavy atom. The monoisotopic (exact) mass is 164 g/mol. The molecule has 0 spiro atoms. The molecule has 0 saturated carbocycles. The van der Waals surface area contributed by atoms with Crippen LogP contribution < -0.4 is 51.4 Å². The molecule has 9 heavy (non-hydrogen) atoms. The van der Waals surface area contributed by atoms with E-state index in [-0.39, 0.29) is 51.4 Å². The molecule has 0 aliphatic rings. The van der Waals surface area contributed by atoms with Crippen molar-refractivity contribution >= 4 is 11.6 Å². The minimum absolute atomic E-state index is 0. The van der Waals surface area contributed by atoms with Crippen molar-refractivity contribution in [2.75, 3.05) is 0 Å². The predicted octanol–water partition coefficient (Wildman–Crippen LogP) is -0.474. The van der Waals surface area contributed by atoms with Crippen molar-refractivity contribution < 1.29 is 51.4 Å². The molecule has 0 bridgehead atoms.